The molecule has 92 valence electrons. The standard InChI is InChI=1S/C16H16ClN/c17-16-10-14(18)7-8-15(16)13-6-5-11-3-1-2-4-12(11)9-13/h5-10H,1-4,18H2. The van der Waals surface area contributed by atoms with Crippen molar-refractivity contribution >= 4 is 17.3 Å². The van der Waals surface area contributed by atoms with Crippen molar-refractivity contribution < 1.29 is 0 Å². The third-order valence-corrected chi connectivity index (χ3v) is 3.97. The first kappa shape index (κ1) is 11.6. The first-order valence-corrected chi connectivity index (χ1v) is 6.79. The Morgan fingerprint density at radius 3 is 2.44 bits per heavy atom. The lowest BCUT2D eigenvalue weighted by Gasteiger charge is -2.17. The normalized spacial score (nSPS) is 14.3. The average Bonchev–Trinajstić information content (AvgIpc) is 2.38. The summed E-state index contributed by atoms with van der Waals surface area (Å²) < 4.78 is 0. The number of aryl methyl sites for hydroxylation is 2. The van der Waals surface area contributed by atoms with Crippen LogP contribution in [-0.4, -0.2) is 0 Å². The molecule has 0 saturated carbocycles. The molecule has 0 amide bonds. The molecule has 0 aromatic heterocycles. The minimum atomic E-state index is 0.710. The van der Waals surface area contributed by atoms with Gasteiger partial charge in [0.15, 0.2) is 0 Å². The Bertz CT molecular complexity index is 590. The summed E-state index contributed by atoms with van der Waals surface area (Å²) in [7, 11) is 0. The van der Waals surface area contributed by atoms with E-state index in [-0.39, 0.29) is 0 Å². The van der Waals surface area contributed by atoms with Gasteiger partial charge in [-0.1, -0.05) is 35.9 Å². The van der Waals surface area contributed by atoms with Crippen LogP contribution in [0.4, 0.5) is 5.69 Å². The number of nitrogens with two attached hydrogens (primary N) is 1. The topological polar surface area (TPSA) is 26.0 Å². The molecular formula is C16H16ClN. The second-order valence-electron chi connectivity index (χ2n) is 4.93. The van der Waals surface area contributed by atoms with Crippen molar-refractivity contribution in [2.75, 3.05) is 5.73 Å². The van der Waals surface area contributed by atoms with E-state index in [1.165, 1.54) is 42.4 Å². The molecule has 1 aliphatic rings. The molecule has 2 heteroatoms. The minimum Gasteiger partial charge on any atom is -0.399 e. The van der Waals surface area contributed by atoms with Gasteiger partial charge < -0.3 is 5.73 Å². The number of hydrogen-bond donors (Lipinski definition) is 1. The van der Waals surface area contributed by atoms with E-state index in [0.717, 1.165) is 10.6 Å². The van der Waals surface area contributed by atoms with Gasteiger partial charge in [-0.05, 0) is 54.5 Å². The van der Waals surface area contributed by atoms with Gasteiger partial charge in [-0.25, -0.2) is 0 Å². The molecule has 0 unspecified atom stereocenters. The maximum atomic E-state index is 6.27. The van der Waals surface area contributed by atoms with Crippen LogP contribution in [-0.2, 0) is 12.8 Å². The molecule has 0 aliphatic heterocycles. The van der Waals surface area contributed by atoms with Gasteiger partial charge in [0.1, 0.15) is 0 Å². The van der Waals surface area contributed by atoms with Crippen LogP contribution < -0.4 is 5.73 Å². The first-order valence-electron chi connectivity index (χ1n) is 6.41. The second kappa shape index (κ2) is 4.66. The molecule has 0 fully saturated rings. The van der Waals surface area contributed by atoms with Crippen LogP contribution in [0.2, 0.25) is 5.02 Å². The molecule has 2 aromatic carbocycles. The third-order valence-electron chi connectivity index (χ3n) is 3.65. The zero-order valence-electron chi connectivity index (χ0n) is 10.2. The van der Waals surface area contributed by atoms with Gasteiger partial charge >= 0.3 is 0 Å². The number of fused-ring (bicyclic) bond motifs is 1. The smallest absolute Gasteiger partial charge is 0.0504 e. The van der Waals surface area contributed by atoms with Crippen LogP contribution in [0.3, 0.4) is 0 Å². The number of hydrogen-bond acceptors (Lipinski definition) is 1. The van der Waals surface area contributed by atoms with Gasteiger partial charge in [0.05, 0.1) is 5.02 Å². The zero-order chi connectivity index (χ0) is 12.5. The van der Waals surface area contributed by atoms with Crippen molar-refractivity contribution in [3.8, 4) is 11.1 Å². The summed E-state index contributed by atoms with van der Waals surface area (Å²) in [6, 6.07) is 12.4. The SMILES string of the molecule is Nc1ccc(-c2ccc3c(c2)CCCC3)c(Cl)c1. The molecular weight excluding hydrogens is 242 g/mol. The highest BCUT2D eigenvalue weighted by molar-refractivity contribution is 6.33. The largest absolute Gasteiger partial charge is 0.399 e. The van der Waals surface area contributed by atoms with Gasteiger partial charge in [-0.15, -0.1) is 0 Å². The predicted octanol–water partition coefficient (Wildman–Crippen LogP) is 4.47. The van der Waals surface area contributed by atoms with Crippen molar-refractivity contribution in [2.45, 2.75) is 25.7 Å². The van der Waals surface area contributed by atoms with Crippen molar-refractivity contribution in [3.63, 3.8) is 0 Å². The Morgan fingerprint density at radius 2 is 1.67 bits per heavy atom. The van der Waals surface area contributed by atoms with Crippen molar-refractivity contribution in [1.29, 1.82) is 0 Å². The molecule has 0 heterocycles. The van der Waals surface area contributed by atoms with E-state index in [1.54, 1.807) is 0 Å². The highest BCUT2D eigenvalue weighted by Crippen LogP contribution is 2.32. The van der Waals surface area contributed by atoms with Gasteiger partial charge in [0.2, 0.25) is 0 Å². The number of halogens is 1. The van der Waals surface area contributed by atoms with Crippen LogP contribution in [0.5, 0.6) is 0 Å². The van der Waals surface area contributed by atoms with E-state index in [1.807, 2.05) is 18.2 Å². The van der Waals surface area contributed by atoms with Crippen LogP contribution in [0.1, 0.15) is 24.0 Å². The lowest BCUT2D eigenvalue weighted by Crippen LogP contribution is -2.02. The van der Waals surface area contributed by atoms with Crippen LogP contribution in [0.25, 0.3) is 11.1 Å². The summed E-state index contributed by atoms with van der Waals surface area (Å²) in [4.78, 5) is 0. The van der Waals surface area contributed by atoms with Gasteiger partial charge in [-0.3, -0.25) is 0 Å². The fourth-order valence-electron chi connectivity index (χ4n) is 2.67. The monoisotopic (exact) mass is 257 g/mol. The van der Waals surface area contributed by atoms with Gasteiger partial charge in [0.25, 0.3) is 0 Å². The Labute approximate surface area is 113 Å². The summed E-state index contributed by atoms with van der Waals surface area (Å²) in [5.74, 6) is 0. The Morgan fingerprint density at radius 1 is 0.889 bits per heavy atom. The second-order valence-corrected chi connectivity index (χ2v) is 5.34. The van der Waals surface area contributed by atoms with E-state index in [4.69, 9.17) is 17.3 Å². The number of rotatable bonds is 1. The molecule has 1 aliphatic carbocycles. The molecule has 2 aromatic rings. The first-order chi connectivity index (χ1) is 8.74. The fraction of sp³-hybridized carbons (Fsp3) is 0.250. The Hall–Kier alpha value is -1.47. The summed E-state index contributed by atoms with van der Waals surface area (Å²) in [5, 5.41) is 0.728. The van der Waals surface area contributed by atoms with Crippen molar-refractivity contribution in [2.24, 2.45) is 0 Å². The molecule has 18 heavy (non-hydrogen) atoms. The minimum absolute atomic E-state index is 0.710. The van der Waals surface area contributed by atoms with E-state index < -0.39 is 0 Å². The van der Waals surface area contributed by atoms with Gasteiger partial charge in [0, 0.05) is 11.3 Å². The fourth-order valence-corrected chi connectivity index (χ4v) is 2.96. The molecule has 2 N–H and O–H groups in total. The summed E-state index contributed by atoms with van der Waals surface area (Å²) in [6.07, 6.45) is 5.02. The highest BCUT2D eigenvalue weighted by Gasteiger charge is 2.11. The highest BCUT2D eigenvalue weighted by atomic mass is 35.5. The Balaban J connectivity index is 2.06. The summed E-state index contributed by atoms with van der Waals surface area (Å²) >= 11 is 6.27. The number of anilines is 1. The zero-order valence-corrected chi connectivity index (χ0v) is 11.0. The predicted molar refractivity (Wildman–Crippen MR) is 77.9 cm³/mol. The van der Waals surface area contributed by atoms with E-state index in [9.17, 15) is 0 Å². The lowest BCUT2D eigenvalue weighted by atomic mass is 9.89. The molecule has 0 saturated heterocycles. The van der Waals surface area contributed by atoms with E-state index >= 15 is 0 Å². The molecule has 1 nitrogen and oxygen atoms in total. The summed E-state index contributed by atoms with van der Waals surface area (Å²) in [5.41, 5.74) is 11.7. The van der Waals surface area contributed by atoms with Crippen LogP contribution in [0, 0.1) is 0 Å². The Kier molecular flexibility index (Phi) is 3.00. The molecule has 0 atom stereocenters. The summed E-state index contributed by atoms with van der Waals surface area (Å²) in [6.45, 7) is 0. The van der Waals surface area contributed by atoms with Crippen LogP contribution in [0.15, 0.2) is 36.4 Å². The molecule has 3 rings (SSSR count). The maximum absolute atomic E-state index is 6.27. The van der Waals surface area contributed by atoms with Crippen LogP contribution >= 0.6 is 11.6 Å². The molecule has 0 bridgehead atoms. The van der Waals surface area contributed by atoms with Crippen molar-refractivity contribution in [1.82, 2.24) is 0 Å². The van der Waals surface area contributed by atoms with E-state index in [2.05, 4.69) is 18.2 Å². The number of nitrogen functional groups attached to an aromatic ring is 1. The van der Waals surface area contributed by atoms with E-state index in [0.29, 0.717) is 5.69 Å². The number of benzene rings is 2. The maximum Gasteiger partial charge on any atom is 0.0504 e. The average molecular weight is 258 g/mol. The van der Waals surface area contributed by atoms with Crippen molar-refractivity contribution in [3.05, 3.63) is 52.5 Å². The third kappa shape index (κ3) is 2.11. The quantitative estimate of drug-likeness (QED) is 0.750. The molecule has 0 radical (unpaired) electrons. The lowest BCUT2D eigenvalue weighted by molar-refractivity contribution is 0.686. The molecule has 0 spiro atoms. The van der Waals surface area contributed by atoms with Gasteiger partial charge in [-0.2, -0.15) is 0 Å².